The SMILES string of the molecule is Cc1cc(C(C)(C)C)c(OC(=O)CCCCC(=O)NNC(=N)N)c(C(C)(C)C)c1. The third-order valence-electron chi connectivity index (χ3n) is 4.44. The van der Waals surface area contributed by atoms with Crippen molar-refractivity contribution in [3.63, 3.8) is 0 Å². The van der Waals surface area contributed by atoms with Gasteiger partial charge in [-0.2, -0.15) is 0 Å². The molecule has 162 valence electrons. The van der Waals surface area contributed by atoms with E-state index in [1.807, 2.05) is 0 Å². The van der Waals surface area contributed by atoms with Crippen molar-refractivity contribution < 1.29 is 14.3 Å². The molecular formula is C22H36N4O3. The molecule has 0 aliphatic carbocycles. The summed E-state index contributed by atoms with van der Waals surface area (Å²) in [6, 6.07) is 4.18. The molecule has 1 aromatic rings. The lowest BCUT2D eigenvalue weighted by Gasteiger charge is -2.29. The minimum atomic E-state index is -0.329. The van der Waals surface area contributed by atoms with Crippen molar-refractivity contribution in [2.75, 3.05) is 0 Å². The highest BCUT2D eigenvalue weighted by molar-refractivity contribution is 5.81. The van der Waals surface area contributed by atoms with Crippen molar-refractivity contribution in [3.8, 4) is 5.75 Å². The molecular weight excluding hydrogens is 368 g/mol. The molecule has 0 saturated heterocycles. The number of amides is 1. The average Bonchev–Trinajstić information content (AvgIpc) is 2.56. The lowest BCUT2D eigenvalue weighted by atomic mass is 9.78. The van der Waals surface area contributed by atoms with Gasteiger partial charge in [-0.1, -0.05) is 59.2 Å². The van der Waals surface area contributed by atoms with E-state index in [0.29, 0.717) is 18.6 Å². The summed E-state index contributed by atoms with van der Waals surface area (Å²) < 4.78 is 5.87. The van der Waals surface area contributed by atoms with Gasteiger partial charge >= 0.3 is 5.97 Å². The first-order valence-corrected chi connectivity index (χ1v) is 9.97. The molecule has 1 rings (SSSR count). The predicted octanol–water partition coefficient (Wildman–Crippen LogP) is 3.57. The second-order valence-electron chi connectivity index (χ2n) is 9.46. The van der Waals surface area contributed by atoms with Crippen LogP contribution < -0.4 is 21.3 Å². The van der Waals surface area contributed by atoms with Crippen molar-refractivity contribution in [1.29, 1.82) is 5.41 Å². The maximum atomic E-state index is 12.5. The number of aryl methyl sites for hydroxylation is 1. The molecule has 0 heterocycles. The number of nitrogens with two attached hydrogens (primary N) is 1. The van der Waals surface area contributed by atoms with Crippen LogP contribution in [0, 0.1) is 12.3 Å². The van der Waals surface area contributed by atoms with Crippen molar-refractivity contribution in [3.05, 3.63) is 28.8 Å². The number of rotatable bonds is 6. The van der Waals surface area contributed by atoms with Gasteiger partial charge in [0.1, 0.15) is 5.75 Å². The van der Waals surface area contributed by atoms with E-state index >= 15 is 0 Å². The van der Waals surface area contributed by atoms with Crippen molar-refractivity contribution in [2.24, 2.45) is 5.73 Å². The fourth-order valence-corrected chi connectivity index (χ4v) is 2.92. The zero-order chi connectivity index (χ0) is 22.4. The fourth-order valence-electron chi connectivity index (χ4n) is 2.92. The average molecular weight is 405 g/mol. The minimum absolute atomic E-state index is 0.163. The molecule has 0 aliphatic heterocycles. The number of benzene rings is 1. The van der Waals surface area contributed by atoms with E-state index in [-0.39, 0.29) is 41.5 Å². The predicted molar refractivity (Wildman–Crippen MR) is 116 cm³/mol. The Labute approximate surface area is 174 Å². The zero-order valence-corrected chi connectivity index (χ0v) is 18.8. The topological polar surface area (TPSA) is 117 Å². The number of unbranched alkanes of at least 4 members (excludes halogenated alkanes) is 1. The van der Waals surface area contributed by atoms with E-state index in [0.717, 1.165) is 16.7 Å². The van der Waals surface area contributed by atoms with Gasteiger partial charge in [0, 0.05) is 24.0 Å². The Morgan fingerprint density at radius 2 is 1.45 bits per heavy atom. The molecule has 29 heavy (non-hydrogen) atoms. The Morgan fingerprint density at radius 3 is 1.90 bits per heavy atom. The number of esters is 1. The number of nitrogens with one attached hydrogen (secondary N) is 3. The van der Waals surface area contributed by atoms with Crippen LogP contribution >= 0.6 is 0 Å². The quantitative estimate of drug-likeness (QED) is 0.144. The largest absolute Gasteiger partial charge is 0.426 e. The van der Waals surface area contributed by atoms with Crippen molar-refractivity contribution in [2.45, 2.75) is 85.0 Å². The minimum Gasteiger partial charge on any atom is -0.426 e. The summed E-state index contributed by atoms with van der Waals surface area (Å²) in [6.07, 6.45) is 1.54. The number of carbonyl (C=O) groups excluding carboxylic acids is 2. The number of carbonyl (C=O) groups is 2. The summed E-state index contributed by atoms with van der Waals surface area (Å²) in [5.74, 6) is -0.252. The van der Waals surface area contributed by atoms with Crippen LogP contribution in [0.1, 0.15) is 83.9 Å². The second-order valence-corrected chi connectivity index (χ2v) is 9.46. The molecule has 5 N–H and O–H groups in total. The molecule has 1 aromatic carbocycles. The molecule has 1 amide bonds. The van der Waals surface area contributed by atoms with E-state index < -0.39 is 0 Å². The van der Waals surface area contributed by atoms with Gasteiger partial charge < -0.3 is 10.5 Å². The lowest BCUT2D eigenvalue weighted by Crippen LogP contribution is -2.44. The van der Waals surface area contributed by atoms with Gasteiger partial charge in [-0.15, -0.1) is 0 Å². The van der Waals surface area contributed by atoms with Crippen LogP contribution in [0.15, 0.2) is 12.1 Å². The summed E-state index contributed by atoms with van der Waals surface area (Å²) in [6.45, 7) is 14.7. The monoisotopic (exact) mass is 404 g/mol. The Morgan fingerprint density at radius 1 is 0.966 bits per heavy atom. The normalized spacial score (nSPS) is 11.7. The molecule has 0 radical (unpaired) electrons. The summed E-state index contributed by atoms with van der Waals surface area (Å²) in [5, 5.41) is 6.99. The van der Waals surface area contributed by atoms with Crippen LogP contribution in [0.4, 0.5) is 0 Å². The van der Waals surface area contributed by atoms with Crippen molar-refractivity contribution in [1.82, 2.24) is 10.9 Å². The van der Waals surface area contributed by atoms with Gasteiger partial charge in [-0.3, -0.25) is 25.8 Å². The van der Waals surface area contributed by atoms with Crippen LogP contribution in [0.2, 0.25) is 0 Å². The molecule has 0 bridgehead atoms. The fraction of sp³-hybridized carbons (Fsp3) is 0.591. The summed E-state index contributed by atoms with van der Waals surface area (Å²) in [7, 11) is 0. The Balaban J connectivity index is 2.83. The molecule has 0 saturated carbocycles. The van der Waals surface area contributed by atoms with Crippen LogP contribution in [0.3, 0.4) is 0 Å². The molecule has 0 aliphatic rings. The van der Waals surface area contributed by atoms with Crippen LogP contribution in [-0.4, -0.2) is 17.8 Å². The number of ether oxygens (including phenoxy) is 1. The molecule has 0 fully saturated rings. The van der Waals surface area contributed by atoms with E-state index in [9.17, 15) is 9.59 Å². The second kappa shape index (κ2) is 9.76. The molecule has 7 nitrogen and oxygen atoms in total. The van der Waals surface area contributed by atoms with Crippen molar-refractivity contribution >= 4 is 17.8 Å². The van der Waals surface area contributed by atoms with Crippen LogP contribution in [0.5, 0.6) is 5.75 Å². The van der Waals surface area contributed by atoms with Gasteiger partial charge in [0.05, 0.1) is 0 Å². The molecule has 0 atom stereocenters. The Hall–Kier alpha value is -2.57. The van der Waals surface area contributed by atoms with E-state index in [1.165, 1.54) is 0 Å². The lowest BCUT2D eigenvalue weighted by molar-refractivity contribution is -0.134. The Bertz CT molecular complexity index is 723. The first-order valence-electron chi connectivity index (χ1n) is 9.97. The summed E-state index contributed by atoms with van der Waals surface area (Å²) >= 11 is 0. The van der Waals surface area contributed by atoms with Gasteiger partial charge in [0.2, 0.25) is 11.9 Å². The van der Waals surface area contributed by atoms with Gasteiger partial charge in [-0.05, 0) is 30.6 Å². The third-order valence-corrected chi connectivity index (χ3v) is 4.44. The van der Waals surface area contributed by atoms with Gasteiger partial charge in [0.15, 0.2) is 0 Å². The maximum Gasteiger partial charge on any atom is 0.311 e. The molecule has 0 unspecified atom stereocenters. The van der Waals surface area contributed by atoms with Gasteiger partial charge in [-0.25, -0.2) is 0 Å². The van der Waals surface area contributed by atoms with Crippen LogP contribution in [0.25, 0.3) is 0 Å². The van der Waals surface area contributed by atoms with Crippen LogP contribution in [-0.2, 0) is 20.4 Å². The Kier molecular flexibility index (Phi) is 8.24. The van der Waals surface area contributed by atoms with Gasteiger partial charge in [0.25, 0.3) is 0 Å². The highest BCUT2D eigenvalue weighted by Gasteiger charge is 2.28. The molecule has 7 heteroatoms. The standard InChI is InChI=1S/C22H36N4O3/c1-14-12-15(21(2,3)4)19(16(13-14)22(5,6)7)29-18(28)11-9-8-10-17(27)25-26-20(23)24/h12-13H,8-11H2,1-7H3,(H,25,27)(H4,23,24,26). The number of hydrogen-bond donors (Lipinski definition) is 4. The zero-order valence-electron chi connectivity index (χ0n) is 18.8. The van der Waals surface area contributed by atoms with E-state index in [4.69, 9.17) is 15.9 Å². The van der Waals surface area contributed by atoms with E-state index in [2.05, 4.69) is 71.5 Å². The van der Waals surface area contributed by atoms with E-state index in [1.54, 1.807) is 0 Å². The number of hydrogen-bond acceptors (Lipinski definition) is 4. The third kappa shape index (κ3) is 8.13. The highest BCUT2D eigenvalue weighted by Crippen LogP contribution is 2.40. The first-order chi connectivity index (χ1) is 13.2. The molecule has 0 aromatic heterocycles. The highest BCUT2D eigenvalue weighted by atomic mass is 16.5. The summed E-state index contributed by atoms with van der Waals surface area (Å²) in [4.78, 5) is 24.1. The summed E-state index contributed by atoms with van der Waals surface area (Å²) in [5.41, 5.74) is 12.5. The maximum absolute atomic E-state index is 12.5. The number of hydrazine groups is 1. The number of guanidine groups is 1. The smallest absolute Gasteiger partial charge is 0.311 e. The molecule has 0 spiro atoms. The first kappa shape index (κ1) is 24.5.